The van der Waals surface area contributed by atoms with Crippen LogP contribution in [0.3, 0.4) is 0 Å². The average molecular weight is 190 g/mol. The maximum absolute atomic E-state index is 5.96. The molecule has 0 saturated heterocycles. The Morgan fingerprint density at radius 1 is 1.55 bits per heavy atom. The number of rotatable bonds is 1. The molecule has 0 bridgehead atoms. The molecular weight excluding hydrogens is 178 g/mol. The van der Waals surface area contributed by atoms with Gasteiger partial charge in [0.15, 0.2) is 0 Å². The van der Waals surface area contributed by atoms with Crippen LogP contribution in [0.1, 0.15) is 23.6 Å². The molecule has 0 amide bonds. The van der Waals surface area contributed by atoms with Crippen LogP contribution in [0.2, 0.25) is 5.02 Å². The topological polar surface area (TPSA) is 26.0 Å². The van der Waals surface area contributed by atoms with Crippen molar-refractivity contribution >= 4 is 22.9 Å². The molecule has 62 valence electrons. The molecule has 0 aliphatic carbocycles. The molecule has 1 rings (SSSR count). The first kappa shape index (κ1) is 9.04. The van der Waals surface area contributed by atoms with Crippen molar-refractivity contribution in [3.05, 3.63) is 20.8 Å². The lowest BCUT2D eigenvalue weighted by atomic mass is 10.1. The molecule has 0 saturated carbocycles. The highest BCUT2D eigenvalue weighted by atomic mass is 35.5. The third kappa shape index (κ3) is 1.95. The first-order chi connectivity index (χ1) is 4.91. The summed E-state index contributed by atoms with van der Waals surface area (Å²) in [6, 6.07) is 1.95. The summed E-state index contributed by atoms with van der Waals surface area (Å²) >= 11 is 7.62. The van der Waals surface area contributed by atoms with Gasteiger partial charge in [0.25, 0.3) is 0 Å². The van der Waals surface area contributed by atoms with Gasteiger partial charge in [-0.25, -0.2) is 0 Å². The van der Waals surface area contributed by atoms with Gasteiger partial charge in [0.05, 0.1) is 5.02 Å². The van der Waals surface area contributed by atoms with Crippen LogP contribution in [0.5, 0.6) is 0 Å². The summed E-state index contributed by atoms with van der Waals surface area (Å²) in [6.45, 7) is 5.96. The largest absolute Gasteiger partial charge is 0.321 e. The molecule has 1 aromatic rings. The van der Waals surface area contributed by atoms with E-state index in [0.717, 1.165) is 9.90 Å². The number of nitrogens with two attached hydrogens (primary N) is 1. The SMILES string of the molecule is Cc1cc(Cl)c(C(C)(C)N)s1. The molecule has 0 spiro atoms. The molecule has 0 aromatic carbocycles. The van der Waals surface area contributed by atoms with Gasteiger partial charge in [-0.1, -0.05) is 11.6 Å². The van der Waals surface area contributed by atoms with Crippen molar-refractivity contribution in [2.75, 3.05) is 0 Å². The van der Waals surface area contributed by atoms with Crippen LogP contribution in [0.4, 0.5) is 0 Å². The zero-order chi connectivity index (χ0) is 8.65. The van der Waals surface area contributed by atoms with Crippen LogP contribution in [-0.4, -0.2) is 0 Å². The Hall–Kier alpha value is -0.0500. The molecule has 0 unspecified atom stereocenters. The van der Waals surface area contributed by atoms with Crippen molar-refractivity contribution in [3.63, 3.8) is 0 Å². The van der Waals surface area contributed by atoms with Crippen molar-refractivity contribution in [2.24, 2.45) is 5.73 Å². The lowest BCUT2D eigenvalue weighted by Gasteiger charge is -2.16. The summed E-state index contributed by atoms with van der Waals surface area (Å²) in [5.74, 6) is 0. The fourth-order valence-electron chi connectivity index (χ4n) is 0.923. The zero-order valence-electron chi connectivity index (χ0n) is 6.94. The minimum absolute atomic E-state index is 0.310. The van der Waals surface area contributed by atoms with Crippen LogP contribution >= 0.6 is 22.9 Å². The highest BCUT2D eigenvalue weighted by molar-refractivity contribution is 7.12. The molecule has 0 aliphatic rings. The molecule has 0 aliphatic heterocycles. The van der Waals surface area contributed by atoms with Crippen molar-refractivity contribution in [1.29, 1.82) is 0 Å². The van der Waals surface area contributed by atoms with Gasteiger partial charge in [-0.3, -0.25) is 0 Å². The summed E-state index contributed by atoms with van der Waals surface area (Å²) in [6.07, 6.45) is 0. The number of hydrogen-bond donors (Lipinski definition) is 1. The quantitative estimate of drug-likeness (QED) is 0.723. The summed E-state index contributed by atoms with van der Waals surface area (Å²) in [5.41, 5.74) is 5.59. The number of hydrogen-bond acceptors (Lipinski definition) is 2. The van der Waals surface area contributed by atoms with Gasteiger partial charge in [0.1, 0.15) is 0 Å². The van der Waals surface area contributed by atoms with Crippen LogP contribution in [-0.2, 0) is 5.54 Å². The number of aryl methyl sites for hydroxylation is 1. The van der Waals surface area contributed by atoms with E-state index in [9.17, 15) is 0 Å². The van der Waals surface area contributed by atoms with E-state index in [-0.39, 0.29) is 5.54 Å². The van der Waals surface area contributed by atoms with Crippen LogP contribution in [0.25, 0.3) is 0 Å². The Labute approximate surface area is 76.2 Å². The fourth-order valence-corrected chi connectivity index (χ4v) is 2.43. The molecule has 2 N–H and O–H groups in total. The van der Waals surface area contributed by atoms with E-state index in [4.69, 9.17) is 17.3 Å². The lowest BCUT2D eigenvalue weighted by Crippen LogP contribution is -2.27. The number of halogens is 1. The smallest absolute Gasteiger partial charge is 0.0566 e. The highest BCUT2D eigenvalue weighted by Crippen LogP contribution is 2.33. The predicted molar refractivity (Wildman–Crippen MR) is 51.3 cm³/mol. The van der Waals surface area contributed by atoms with Gasteiger partial charge in [-0.15, -0.1) is 11.3 Å². The number of thiophene rings is 1. The van der Waals surface area contributed by atoms with Crippen molar-refractivity contribution in [3.8, 4) is 0 Å². The lowest BCUT2D eigenvalue weighted by molar-refractivity contribution is 0.567. The summed E-state index contributed by atoms with van der Waals surface area (Å²) in [4.78, 5) is 2.28. The second kappa shape index (κ2) is 2.77. The summed E-state index contributed by atoms with van der Waals surface area (Å²) in [5, 5.41) is 0.792. The van der Waals surface area contributed by atoms with Crippen LogP contribution in [0.15, 0.2) is 6.07 Å². The van der Waals surface area contributed by atoms with Crippen molar-refractivity contribution < 1.29 is 0 Å². The van der Waals surface area contributed by atoms with Gasteiger partial charge in [0.2, 0.25) is 0 Å². The summed E-state index contributed by atoms with van der Waals surface area (Å²) in [7, 11) is 0. The normalized spacial score (nSPS) is 12.1. The first-order valence-corrected chi connectivity index (χ1v) is 4.66. The molecule has 3 heteroatoms. The van der Waals surface area contributed by atoms with E-state index in [1.54, 1.807) is 11.3 Å². The van der Waals surface area contributed by atoms with E-state index in [2.05, 4.69) is 0 Å². The molecule has 0 atom stereocenters. The molecule has 1 heterocycles. The van der Waals surface area contributed by atoms with E-state index in [0.29, 0.717) is 0 Å². The van der Waals surface area contributed by atoms with Gasteiger partial charge in [-0.05, 0) is 26.8 Å². The Balaban J connectivity index is 3.13. The van der Waals surface area contributed by atoms with E-state index >= 15 is 0 Å². The van der Waals surface area contributed by atoms with Gasteiger partial charge >= 0.3 is 0 Å². The van der Waals surface area contributed by atoms with Crippen LogP contribution in [0, 0.1) is 6.92 Å². The van der Waals surface area contributed by atoms with Gasteiger partial charge in [0, 0.05) is 15.3 Å². The maximum Gasteiger partial charge on any atom is 0.0566 e. The fraction of sp³-hybridized carbons (Fsp3) is 0.500. The second-order valence-electron chi connectivity index (χ2n) is 3.26. The Bertz CT molecular complexity index is 260. The minimum atomic E-state index is -0.310. The first-order valence-electron chi connectivity index (χ1n) is 3.46. The van der Waals surface area contributed by atoms with Gasteiger partial charge < -0.3 is 5.73 Å². The Kier molecular flexibility index (Phi) is 2.28. The monoisotopic (exact) mass is 189 g/mol. The molecule has 1 nitrogen and oxygen atoms in total. The van der Waals surface area contributed by atoms with Gasteiger partial charge in [-0.2, -0.15) is 0 Å². The van der Waals surface area contributed by atoms with E-state index in [1.165, 1.54) is 4.88 Å². The Morgan fingerprint density at radius 3 is 2.27 bits per heavy atom. The zero-order valence-corrected chi connectivity index (χ0v) is 8.51. The second-order valence-corrected chi connectivity index (χ2v) is 4.92. The third-order valence-corrected chi connectivity index (χ3v) is 3.20. The third-order valence-electron chi connectivity index (χ3n) is 1.40. The van der Waals surface area contributed by atoms with E-state index < -0.39 is 0 Å². The summed E-state index contributed by atoms with van der Waals surface area (Å²) < 4.78 is 0. The molecular formula is C8H12ClNS. The highest BCUT2D eigenvalue weighted by Gasteiger charge is 2.19. The molecule has 0 fully saturated rings. The molecule has 0 radical (unpaired) electrons. The van der Waals surface area contributed by atoms with Crippen molar-refractivity contribution in [2.45, 2.75) is 26.3 Å². The Morgan fingerprint density at radius 2 is 2.09 bits per heavy atom. The standard InChI is InChI=1S/C8H12ClNS/c1-5-4-6(9)7(11-5)8(2,3)10/h4H,10H2,1-3H3. The van der Waals surface area contributed by atoms with E-state index in [1.807, 2.05) is 26.8 Å². The van der Waals surface area contributed by atoms with Crippen molar-refractivity contribution in [1.82, 2.24) is 0 Å². The predicted octanol–water partition coefficient (Wildman–Crippen LogP) is 2.90. The average Bonchev–Trinajstić information content (AvgIpc) is 2.08. The maximum atomic E-state index is 5.96. The molecule has 11 heavy (non-hydrogen) atoms. The minimum Gasteiger partial charge on any atom is -0.321 e. The molecule has 1 aromatic heterocycles. The van der Waals surface area contributed by atoms with Crippen LogP contribution < -0.4 is 5.73 Å².